The number of carbonyl (C=O) groups is 1. The van der Waals surface area contributed by atoms with Crippen molar-refractivity contribution >= 4 is 27.9 Å². The molecule has 6 nitrogen and oxygen atoms in total. The monoisotopic (exact) mass is 343 g/mol. The lowest BCUT2D eigenvalue weighted by atomic mass is 9.96. The van der Waals surface area contributed by atoms with Crippen LogP contribution in [-0.4, -0.2) is 30.0 Å². The zero-order valence-electron chi connectivity index (χ0n) is 13.2. The lowest BCUT2D eigenvalue weighted by molar-refractivity contribution is -0.112. The molecule has 3 heterocycles. The Hall–Kier alpha value is -2.21. The zero-order chi connectivity index (χ0) is 16.5. The van der Waals surface area contributed by atoms with Crippen molar-refractivity contribution in [1.82, 2.24) is 24.7 Å². The topological polar surface area (TPSA) is 76.5 Å². The molecule has 3 aromatic heterocycles. The molecule has 0 radical (unpaired) electrons. The van der Waals surface area contributed by atoms with Crippen molar-refractivity contribution in [2.45, 2.75) is 38.1 Å². The molecule has 0 amide bonds. The first-order valence-corrected chi connectivity index (χ1v) is 8.61. The largest absolute Gasteiger partial charge is 0.346 e. The van der Waals surface area contributed by atoms with Crippen LogP contribution in [0.3, 0.4) is 0 Å². The highest BCUT2D eigenvalue weighted by Crippen LogP contribution is 2.37. The molecule has 1 fully saturated rings. The van der Waals surface area contributed by atoms with Crippen LogP contribution in [0.15, 0.2) is 31.0 Å². The molecular weight excluding hydrogens is 326 g/mol. The summed E-state index contributed by atoms with van der Waals surface area (Å²) >= 11 is 5.68. The van der Waals surface area contributed by atoms with E-state index in [4.69, 9.17) is 11.6 Å². The van der Waals surface area contributed by atoms with Crippen molar-refractivity contribution in [3.05, 3.63) is 31.0 Å². The van der Waals surface area contributed by atoms with Crippen molar-refractivity contribution in [3.63, 3.8) is 0 Å². The van der Waals surface area contributed by atoms with E-state index in [1.165, 1.54) is 12.8 Å². The maximum Gasteiger partial charge on any atom is 0.223 e. The molecule has 0 saturated heterocycles. The lowest BCUT2D eigenvalue weighted by Crippen LogP contribution is -2.20. The molecule has 3 aromatic rings. The number of aromatic nitrogens is 5. The lowest BCUT2D eigenvalue weighted by Gasteiger charge is -2.22. The first-order valence-electron chi connectivity index (χ1n) is 8.23. The van der Waals surface area contributed by atoms with E-state index in [1.807, 2.05) is 23.1 Å². The number of H-pyrrole nitrogens is 1. The van der Waals surface area contributed by atoms with Gasteiger partial charge in [0.2, 0.25) is 5.24 Å². The molecular formula is C17H18ClN5O. The number of hydrogen-bond donors (Lipinski definition) is 1. The van der Waals surface area contributed by atoms with Crippen molar-refractivity contribution in [2.75, 3.05) is 0 Å². The second-order valence-corrected chi connectivity index (χ2v) is 6.76. The van der Waals surface area contributed by atoms with Crippen molar-refractivity contribution < 1.29 is 4.79 Å². The predicted octanol–water partition coefficient (Wildman–Crippen LogP) is 3.71. The zero-order valence-corrected chi connectivity index (χ0v) is 13.9. The standard InChI is InChI=1S/C17H18ClN5O/c18-15(24)7-14(11-3-1-2-4-11)23-9-12(8-22-23)16-13-5-6-19-17(13)21-10-20-16/h5-6,8-11,14H,1-4,7H2,(H,19,20,21)/t14-/m1/s1. The first-order chi connectivity index (χ1) is 11.7. The summed E-state index contributed by atoms with van der Waals surface area (Å²) in [5.74, 6) is 0.457. The number of fused-ring (bicyclic) bond motifs is 1. The van der Waals surface area contributed by atoms with Gasteiger partial charge in [0.25, 0.3) is 0 Å². The highest BCUT2D eigenvalue weighted by molar-refractivity contribution is 6.63. The summed E-state index contributed by atoms with van der Waals surface area (Å²) in [5.41, 5.74) is 2.57. The number of nitrogens with one attached hydrogen (secondary N) is 1. The Bertz CT molecular complexity index is 865. The molecule has 1 N–H and O–H groups in total. The van der Waals surface area contributed by atoms with E-state index in [2.05, 4.69) is 20.1 Å². The number of aromatic amines is 1. The van der Waals surface area contributed by atoms with Gasteiger partial charge < -0.3 is 4.98 Å². The number of nitrogens with zero attached hydrogens (tertiary/aromatic N) is 4. The third-order valence-corrected chi connectivity index (χ3v) is 5.04. The first kappa shape index (κ1) is 15.3. The van der Waals surface area contributed by atoms with Crippen molar-refractivity contribution in [3.8, 4) is 11.3 Å². The van der Waals surface area contributed by atoms with E-state index >= 15 is 0 Å². The number of hydrogen-bond acceptors (Lipinski definition) is 4. The molecule has 4 rings (SSSR count). The normalized spacial score (nSPS) is 16.7. The van der Waals surface area contributed by atoms with Crippen LogP contribution in [0, 0.1) is 5.92 Å². The fourth-order valence-electron chi connectivity index (χ4n) is 3.73. The van der Waals surface area contributed by atoms with Crippen LogP contribution in [0.2, 0.25) is 0 Å². The third kappa shape index (κ3) is 2.82. The molecule has 0 spiro atoms. The number of halogens is 1. The minimum atomic E-state index is -0.306. The quantitative estimate of drug-likeness (QED) is 0.716. The fraction of sp³-hybridized carbons (Fsp3) is 0.412. The van der Waals surface area contributed by atoms with Crippen LogP contribution in [0.4, 0.5) is 0 Å². The molecule has 0 aromatic carbocycles. The second-order valence-electron chi connectivity index (χ2n) is 6.34. The van der Waals surface area contributed by atoms with Crippen molar-refractivity contribution in [2.24, 2.45) is 5.92 Å². The smallest absolute Gasteiger partial charge is 0.223 e. The summed E-state index contributed by atoms with van der Waals surface area (Å²) in [5, 5.41) is 5.17. The van der Waals surface area contributed by atoms with Gasteiger partial charge in [0.05, 0.1) is 17.9 Å². The summed E-state index contributed by atoms with van der Waals surface area (Å²) < 4.78 is 1.90. The van der Waals surface area contributed by atoms with Gasteiger partial charge in [-0.1, -0.05) is 12.8 Å². The van der Waals surface area contributed by atoms with Gasteiger partial charge in [0.1, 0.15) is 12.0 Å². The molecule has 0 aliphatic heterocycles. The highest BCUT2D eigenvalue weighted by atomic mass is 35.5. The molecule has 24 heavy (non-hydrogen) atoms. The SMILES string of the molecule is O=C(Cl)C[C@H](C1CCCC1)n1cc(-c2ncnc3[nH]ccc23)cn1. The van der Waals surface area contributed by atoms with Gasteiger partial charge >= 0.3 is 0 Å². The van der Waals surface area contributed by atoms with Gasteiger partial charge in [-0.2, -0.15) is 5.10 Å². The van der Waals surface area contributed by atoms with Gasteiger partial charge in [-0.05, 0) is 36.4 Å². The molecule has 0 unspecified atom stereocenters. The maximum atomic E-state index is 11.5. The van der Waals surface area contributed by atoms with E-state index in [0.717, 1.165) is 35.1 Å². The minimum absolute atomic E-state index is 0.0230. The summed E-state index contributed by atoms with van der Waals surface area (Å²) in [6, 6.07) is 1.98. The molecule has 124 valence electrons. The summed E-state index contributed by atoms with van der Waals surface area (Å²) in [6.07, 6.45) is 12.1. The average Bonchev–Trinajstić information content (AvgIpc) is 3.32. The average molecular weight is 344 g/mol. The fourth-order valence-corrected chi connectivity index (χ4v) is 3.89. The van der Waals surface area contributed by atoms with Crippen LogP contribution in [0.5, 0.6) is 0 Å². The van der Waals surface area contributed by atoms with E-state index < -0.39 is 0 Å². The Kier molecular flexibility index (Phi) is 4.06. The van der Waals surface area contributed by atoms with E-state index in [1.54, 1.807) is 12.5 Å². The summed E-state index contributed by atoms with van der Waals surface area (Å²) in [7, 11) is 0. The molecule has 0 bridgehead atoms. The van der Waals surface area contributed by atoms with E-state index in [9.17, 15) is 4.79 Å². The molecule has 1 atom stereocenters. The molecule has 1 aliphatic carbocycles. The van der Waals surface area contributed by atoms with Crippen LogP contribution in [0.1, 0.15) is 38.1 Å². The number of carbonyl (C=O) groups excluding carboxylic acids is 1. The Morgan fingerprint density at radius 1 is 1.38 bits per heavy atom. The van der Waals surface area contributed by atoms with Crippen LogP contribution >= 0.6 is 11.6 Å². The van der Waals surface area contributed by atoms with Crippen LogP contribution in [-0.2, 0) is 4.79 Å². The number of rotatable bonds is 5. The maximum absolute atomic E-state index is 11.5. The molecule has 1 aliphatic rings. The second kappa shape index (κ2) is 6.36. The van der Waals surface area contributed by atoms with Crippen LogP contribution < -0.4 is 0 Å². The Labute approximate surface area is 144 Å². The Balaban J connectivity index is 1.69. The Morgan fingerprint density at radius 2 is 2.21 bits per heavy atom. The highest BCUT2D eigenvalue weighted by Gasteiger charge is 2.29. The van der Waals surface area contributed by atoms with Gasteiger partial charge in [0.15, 0.2) is 0 Å². The minimum Gasteiger partial charge on any atom is -0.346 e. The van der Waals surface area contributed by atoms with Gasteiger partial charge in [0, 0.05) is 29.8 Å². The van der Waals surface area contributed by atoms with E-state index in [-0.39, 0.29) is 11.3 Å². The molecule has 1 saturated carbocycles. The summed E-state index contributed by atoms with van der Waals surface area (Å²) in [6.45, 7) is 0. The van der Waals surface area contributed by atoms with Crippen molar-refractivity contribution in [1.29, 1.82) is 0 Å². The third-order valence-electron chi connectivity index (χ3n) is 4.88. The molecule has 7 heteroatoms. The van der Waals surface area contributed by atoms with Gasteiger partial charge in [-0.25, -0.2) is 9.97 Å². The predicted molar refractivity (Wildman–Crippen MR) is 91.6 cm³/mol. The van der Waals surface area contributed by atoms with Gasteiger partial charge in [-0.3, -0.25) is 9.48 Å². The summed E-state index contributed by atoms with van der Waals surface area (Å²) in [4.78, 5) is 23.2. The van der Waals surface area contributed by atoms with E-state index in [0.29, 0.717) is 12.3 Å². The van der Waals surface area contributed by atoms with Gasteiger partial charge in [-0.15, -0.1) is 0 Å². The Morgan fingerprint density at radius 3 is 3.00 bits per heavy atom. The van der Waals surface area contributed by atoms with Crippen LogP contribution in [0.25, 0.3) is 22.3 Å².